The van der Waals surface area contributed by atoms with Crippen molar-refractivity contribution in [2.75, 3.05) is 69.9 Å². The Bertz CT molecular complexity index is 831. The third-order valence-electron chi connectivity index (χ3n) is 5.49. The first kappa shape index (κ1) is 22.9. The summed E-state index contributed by atoms with van der Waals surface area (Å²) >= 11 is 0. The van der Waals surface area contributed by atoms with Crippen molar-refractivity contribution in [3.8, 4) is 11.5 Å². The number of ether oxygens (including phenoxy) is 3. The molecular formula is C24H33N3O4. The molecule has 0 aliphatic carbocycles. The highest BCUT2D eigenvalue weighted by atomic mass is 16.5. The van der Waals surface area contributed by atoms with Crippen LogP contribution in [0.3, 0.4) is 0 Å². The first-order valence-corrected chi connectivity index (χ1v) is 10.9. The van der Waals surface area contributed by atoms with Crippen molar-refractivity contribution in [1.29, 1.82) is 0 Å². The molecule has 168 valence electrons. The lowest BCUT2D eigenvalue weighted by Crippen LogP contribution is -2.36. The normalized spacial score (nSPS) is 13.9. The van der Waals surface area contributed by atoms with Crippen molar-refractivity contribution < 1.29 is 19.0 Å². The summed E-state index contributed by atoms with van der Waals surface area (Å²) in [6.07, 6.45) is 0. The molecule has 1 amide bonds. The highest BCUT2D eigenvalue weighted by molar-refractivity contribution is 6.04. The van der Waals surface area contributed by atoms with Gasteiger partial charge >= 0.3 is 0 Å². The highest BCUT2D eigenvalue weighted by Gasteiger charge is 2.13. The van der Waals surface area contributed by atoms with E-state index in [1.54, 1.807) is 13.2 Å². The lowest BCUT2D eigenvalue weighted by atomic mass is 10.1. The standard InChI is InChI=1S/C24H33N3O4/c1-4-26(5-2)12-17-31-23-18-20(8-11-22(23)29-3)25-24(28)19-6-9-21(10-7-19)27-13-15-30-16-14-27/h6-11,18H,4-5,12-17H2,1-3H3,(H,25,28). The third-order valence-corrected chi connectivity index (χ3v) is 5.49. The molecule has 31 heavy (non-hydrogen) atoms. The largest absolute Gasteiger partial charge is 0.493 e. The molecule has 2 aromatic rings. The predicted molar refractivity (Wildman–Crippen MR) is 124 cm³/mol. The van der Waals surface area contributed by atoms with Crippen molar-refractivity contribution in [1.82, 2.24) is 4.90 Å². The van der Waals surface area contributed by atoms with Crippen LogP contribution in [0.15, 0.2) is 42.5 Å². The molecular weight excluding hydrogens is 394 g/mol. The van der Waals surface area contributed by atoms with Crippen LogP contribution in [0.1, 0.15) is 24.2 Å². The van der Waals surface area contributed by atoms with E-state index < -0.39 is 0 Å². The van der Waals surface area contributed by atoms with Crippen molar-refractivity contribution in [3.05, 3.63) is 48.0 Å². The van der Waals surface area contributed by atoms with E-state index in [-0.39, 0.29) is 5.91 Å². The number of anilines is 2. The maximum Gasteiger partial charge on any atom is 0.255 e. The molecule has 0 aromatic heterocycles. The van der Waals surface area contributed by atoms with E-state index >= 15 is 0 Å². The second-order valence-corrected chi connectivity index (χ2v) is 7.34. The van der Waals surface area contributed by atoms with E-state index in [0.717, 1.165) is 51.6 Å². The first-order chi connectivity index (χ1) is 15.1. The minimum Gasteiger partial charge on any atom is -0.493 e. The van der Waals surface area contributed by atoms with Gasteiger partial charge in [-0.05, 0) is 49.5 Å². The Morgan fingerprint density at radius 1 is 1.06 bits per heavy atom. The zero-order valence-electron chi connectivity index (χ0n) is 18.7. The van der Waals surface area contributed by atoms with Gasteiger partial charge in [-0.15, -0.1) is 0 Å². The molecule has 2 aromatic carbocycles. The van der Waals surface area contributed by atoms with Crippen molar-refractivity contribution in [2.24, 2.45) is 0 Å². The smallest absolute Gasteiger partial charge is 0.255 e. The molecule has 0 unspecified atom stereocenters. The average Bonchev–Trinajstić information content (AvgIpc) is 2.82. The number of nitrogens with one attached hydrogen (secondary N) is 1. The zero-order valence-corrected chi connectivity index (χ0v) is 18.7. The number of carbonyl (C=O) groups is 1. The molecule has 0 atom stereocenters. The molecule has 7 nitrogen and oxygen atoms in total. The number of nitrogens with zero attached hydrogens (tertiary/aromatic N) is 2. The molecule has 1 N–H and O–H groups in total. The van der Waals surface area contributed by atoms with Crippen LogP contribution in [0, 0.1) is 0 Å². The Labute approximate surface area is 184 Å². The fourth-order valence-electron chi connectivity index (χ4n) is 3.54. The number of methoxy groups -OCH3 is 1. The summed E-state index contributed by atoms with van der Waals surface area (Å²) in [6.45, 7) is 10.8. The average molecular weight is 428 g/mol. The first-order valence-electron chi connectivity index (χ1n) is 10.9. The summed E-state index contributed by atoms with van der Waals surface area (Å²) in [5.74, 6) is 1.11. The van der Waals surface area contributed by atoms with Crippen LogP contribution < -0.4 is 19.7 Å². The number of amides is 1. The van der Waals surface area contributed by atoms with Gasteiger partial charge in [-0.1, -0.05) is 13.8 Å². The molecule has 0 radical (unpaired) electrons. The summed E-state index contributed by atoms with van der Waals surface area (Å²) in [5, 5.41) is 2.95. The summed E-state index contributed by atoms with van der Waals surface area (Å²) in [6, 6.07) is 13.1. The highest BCUT2D eigenvalue weighted by Crippen LogP contribution is 2.30. The molecule has 7 heteroatoms. The van der Waals surface area contributed by atoms with Crippen LogP contribution in [-0.2, 0) is 4.74 Å². The molecule has 1 aliphatic heterocycles. The lowest BCUT2D eigenvalue weighted by molar-refractivity contribution is 0.102. The van der Waals surface area contributed by atoms with E-state index in [1.165, 1.54) is 0 Å². The van der Waals surface area contributed by atoms with Crippen LogP contribution in [0.5, 0.6) is 11.5 Å². The van der Waals surface area contributed by atoms with Crippen molar-refractivity contribution in [3.63, 3.8) is 0 Å². The molecule has 1 aliphatic rings. The van der Waals surface area contributed by atoms with Gasteiger partial charge in [0.25, 0.3) is 5.91 Å². The van der Waals surface area contributed by atoms with Gasteiger partial charge in [0.1, 0.15) is 6.61 Å². The molecule has 1 heterocycles. The second kappa shape index (κ2) is 11.6. The molecule has 1 fully saturated rings. The predicted octanol–water partition coefficient (Wildman–Crippen LogP) is 3.50. The second-order valence-electron chi connectivity index (χ2n) is 7.34. The zero-order chi connectivity index (χ0) is 22.1. The van der Waals surface area contributed by atoms with E-state index in [2.05, 4.69) is 29.0 Å². The number of morpholine rings is 1. The van der Waals surface area contributed by atoms with Gasteiger partial charge in [-0.25, -0.2) is 0 Å². The quantitative estimate of drug-likeness (QED) is 0.626. The van der Waals surface area contributed by atoms with E-state index in [9.17, 15) is 4.79 Å². The van der Waals surface area contributed by atoms with Gasteiger partial charge < -0.3 is 29.3 Å². The van der Waals surface area contributed by atoms with Gasteiger partial charge in [-0.3, -0.25) is 4.79 Å². The van der Waals surface area contributed by atoms with E-state index in [4.69, 9.17) is 14.2 Å². The minimum absolute atomic E-state index is 0.159. The number of hydrogen-bond donors (Lipinski definition) is 1. The van der Waals surface area contributed by atoms with Crippen molar-refractivity contribution >= 4 is 17.3 Å². The third kappa shape index (κ3) is 6.35. The summed E-state index contributed by atoms with van der Waals surface area (Å²) in [4.78, 5) is 17.3. The van der Waals surface area contributed by atoms with Gasteiger partial charge in [0.2, 0.25) is 0 Å². The molecule has 0 bridgehead atoms. The fraction of sp³-hybridized carbons (Fsp3) is 0.458. The molecule has 1 saturated heterocycles. The number of carbonyl (C=O) groups excluding carboxylic acids is 1. The fourth-order valence-corrected chi connectivity index (χ4v) is 3.54. The number of hydrogen-bond acceptors (Lipinski definition) is 6. The topological polar surface area (TPSA) is 63.3 Å². The monoisotopic (exact) mass is 427 g/mol. The summed E-state index contributed by atoms with van der Waals surface area (Å²) in [7, 11) is 1.61. The number of benzene rings is 2. The maximum absolute atomic E-state index is 12.7. The Kier molecular flexibility index (Phi) is 8.55. The van der Waals surface area contributed by atoms with Crippen molar-refractivity contribution in [2.45, 2.75) is 13.8 Å². The maximum atomic E-state index is 12.7. The SMILES string of the molecule is CCN(CC)CCOc1cc(NC(=O)c2ccc(N3CCOCC3)cc2)ccc1OC. The summed E-state index contributed by atoms with van der Waals surface area (Å²) < 4.78 is 16.7. The Morgan fingerprint density at radius 2 is 1.77 bits per heavy atom. The minimum atomic E-state index is -0.159. The van der Waals surface area contributed by atoms with Crippen LogP contribution >= 0.6 is 0 Å². The van der Waals surface area contributed by atoms with E-state index in [0.29, 0.717) is 29.4 Å². The Balaban J connectivity index is 1.62. The number of rotatable bonds is 10. The van der Waals surface area contributed by atoms with Crippen LogP contribution in [0.25, 0.3) is 0 Å². The number of likely N-dealkylation sites (N-methyl/N-ethyl adjacent to an activating group) is 1. The Morgan fingerprint density at radius 3 is 2.42 bits per heavy atom. The van der Waals surface area contributed by atoms with Crippen LogP contribution in [0.4, 0.5) is 11.4 Å². The molecule has 3 rings (SSSR count). The van der Waals surface area contributed by atoms with Crippen LogP contribution in [-0.4, -0.2) is 70.5 Å². The van der Waals surface area contributed by atoms with Gasteiger partial charge in [0.15, 0.2) is 11.5 Å². The van der Waals surface area contributed by atoms with Gasteiger partial charge in [0.05, 0.1) is 20.3 Å². The lowest BCUT2D eigenvalue weighted by Gasteiger charge is -2.28. The summed E-state index contributed by atoms with van der Waals surface area (Å²) in [5.41, 5.74) is 2.38. The van der Waals surface area contributed by atoms with E-state index in [1.807, 2.05) is 36.4 Å². The molecule has 0 saturated carbocycles. The van der Waals surface area contributed by atoms with Crippen LogP contribution in [0.2, 0.25) is 0 Å². The van der Waals surface area contributed by atoms with Gasteiger partial charge in [0, 0.05) is 42.6 Å². The molecule has 0 spiro atoms. The van der Waals surface area contributed by atoms with Gasteiger partial charge in [-0.2, -0.15) is 0 Å². The Hall–Kier alpha value is -2.77.